The van der Waals surface area contributed by atoms with Gasteiger partial charge in [-0.15, -0.1) is 5.10 Å². The number of aromatic amines is 1. The summed E-state index contributed by atoms with van der Waals surface area (Å²) in [6, 6.07) is 7.82. The van der Waals surface area contributed by atoms with Crippen LogP contribution in [0.5, 0.6) is 0 Å². The van der Waals surface area contributed by atoms with E-state index in [4.69, 9.17) is 0 Å². The van der Waals surface area contributed by atoms with Gasteiger partial charge in [-0.05, 0) is 26.0 Å². The third kappa shape index (κ3) is 4.31. The van der Waals surface area contributed by atoms with Gasteiger partial charge in [0.15, 0.2) is 5.82 Å². The normalized spacial score (nSPS) is 10.6. The number of H-pyrrole nitrogens is 1. The summed E-state index contributed by atoms with van der Waals surface area (Å²) in [7, 11) is 0. The molecule has 0 atom stereocenters. The van der Waals surface area contributed by atoms with Gasteiger partial charge in [-0.2, -0.15) is 0 Å². The average Bonchev–Trinajstić information content (AvgIpc) is 2.96. The van der Waals surface area contributed by atoms with Crippen LogP contribution in [0.15, 0.2) is 33.9 Å². The second kappa shape index (κ2) is 7.61. The maximum atomic E-state index is 11.9. The van der Waals surface area contributed by atoms with Crippen molar-refractivity contribution in [2.24, 2.45) is 0 Å². The number of thioether (sulfide) groups is 1. The molecule has 0 aliphatic carbocycles. The second-order valence-corrected chi connectivity index (χ2v) is 6.19. The number of amides is 1. The van der Waals surface area contributed by atoms with E-state index in [0.29, 0.717) is 16.7 Å². The highest BCUT2D eigenvalue weighted by molar-refractivity contribution is 9.10. The van der Waals surface area contributed by atoms with Crippen molar-refractivity contribution < 1.29 is 4.79 Å². The summed E-state index contributed by atoms with van der Waals surface area (Å²) < 4.78 is 1.02. The summed E-state index contributed by atoms with van der Waals surface area (Å²) in [5, 5.41) is 7.63. The standard InChI is InChI=1S/C14H17BrN4OS/c1-3-19(4-2)12(20)9-21-14-16-13(17-18-14)10-5-7-11(15)8-6-10/h5-8H,3-4,9H2,1-2H3,(H,16,17,18). The van der Waals surface area contributed by atoms with E-state index in [2.05, 4.69) is 31.1 Å². The zero-order valence-electron chi connectivity index (χ0n) is 12.0. The highest BCUT2D eigenvalue weighted by Gasteiger charge is 2.12. The number of halogens is 1. The lowest BCUT2D eigenvalue weighted by molar-refractivity contribution is -0.127. The Bertz CT molecular complexity index is 595. The minimum absolute atomic E-state index is 0.111. The molecule has 2 aromatic rings. The minimum atomic E-state index is 0.111. The Morgan fingerprint density at radius 3 is 2.57 bits per heavy atom. The first-order valence-electron chi connectivity index (χ1n) is 6.73. The fourth-order valence-corrected chi connectivity index (χ4v) is 2.81. The number of carbonyl (C=O) groups excluding carboxylic acids is 1. The predicted octanol–water partition coefficient (Wildman–Crippen LogP) is 3.19. The van der Waals surface area contributed by atoms with Gasteiger partial charge in [0, 0.05) is 23.1 Å². The molecule has 7 heteroatoms. The van der Waals surface area contributed by atoms with Crippen LogP contribution in [-0.2, 0) is 4.79 Å². The van der Waals surface area contributed by atoms with Gasteiger partial charge in [-0.3, -0.25) is 9.89 Å². The van der Waals surface area contributed by atoms with Crippen LogP contribution in [0.3, 0.4) is 0 Å². The molecule has 1 aromatic heterocycles. The predicted molar refractivity (Wildman–Crippen MR) is 88.2 cm³/mol. The molecule has 112 valence electrons. The highest BCUT2D eigenvalue weighted by Crippen LogP contribution is 2.21. The molecule has 0 aliphatic heterocycles. The monoisotopic (exact) mass is 368 g/mol. The van der Waals surface area contributed by atoms with Crippen molar-refractivity contribution in [2.45, 2.75) is 19.0 Å². The Morgan fingerprint density at radius 2 is 1.95 bits per heavy atom. The zero-order chi connectivity index (χ0) is 15.2. The third-order valence-electron chi connectivity index (χ3n) is 3.02. The molecule has 1 aromatic carbocycles. The number of hydrogen-bond acceptors (Lipinski definition) is 4. The fraction of sp³-hybridized carbons (Fsp3) is 0.357. The Kier molecular flexibility index (Phi) is 5.81. The van der Waals surface area contributed by atoms with Crippen LogP contribution in [0.1, 0.15) is 13.8 Å². The number of aromatic nitrogens is 3. The van der Waals surface area contributed by atoms with Crippen LogP contribution in [0.25, 0.3) is 11.4 Å². The molecule has 0 saturated heterocycles. The maximum absolute atomic E-state index is 11.9. The van der Waals surface area contributed by atoms with Crippen molar-refractivity contribution >= 4 is 33.6 Å². The molecule has 1 N–H and O–H groups in total. The van der Waals surface area contributed by atoms with Gasteiger partial charge >= 0.3 is 0 Å². The first kappa shape index (κ1) is 16.0. The van der Waals surface area contributed by atoms with Gasteiger partial charge in [0.1, 0.15) is 0 Å². The van der Waals surface area contributed by atoms with E-state index in [1.54, 1.807) is 4.90 Å². The number of nitrogens with one attached hydrogen (secondary N) is 1. The third-order valence-corrected chi connectivity index (χ3v) is 4.38. The summed E-state index contributed by atoms with van der Waals surface area (Å²) >= 11 is 4.75. The highest BCUT2D eigenvalue weighted by atomic mass is 79.9. The molecule has 1 amide bonds. The van der Waals surface area contributed by atoms with Crippen LogP contribution >= 0.6 is 27.7 Å². The lowest BCUT2D eigenvalue weighted by Gasteiger charge is -2.17. The minimum Gasteiger partial charge on any atom is -0.343 e. The molecule has 0 fully saturated rings. The van der Waals surface area contributed by atoms with E-state index < -0.39 is 0 Å². The van der Waals surface area contributed by atoms with E-state index in [-0.39, 0.29) is 5.91 Å². The summed E-state index contributed by atoms with van der Waals surface area (Å²) in [5.74, 6) is 1.18. The second-order valence-electron chi connectivity index (χ2n) is 4.33. The summed E-state index contributed by atoms with van der Waals surface area (Å²) in [5.41, 5.74) is 0.965. The van der Waals surface area contributed by atoms with Gasteiger partial charge < -0.3 is 4.90 Å². The molecule has 0 unspecified atom stereocenters. The zero-order valence-corrected chi connectivity index (χ0v) is 14.4. The largest absolute Gasteiger partial charge is 0.343 e. The number of nitrogens with zero attached hydrogens (tertiary/aromatic N) is 3. The van der Waals surface area contributed by atoms with Crippen molar-refractivity contribution in [1.29, 1.82) is 0 Å². The van der Waals surface area contributed by atoms with Crippen molar-refractivity contribution in [2.75, 3.05) is 18.8 Å². The van der Waals surface area contributed by atoms with E-state index >= 15 is 0 Å². The molecule has 0 spiro atoms. The molecule has 0 radical (unpaired) electrons. The molecule has 2 rings (SSSR count). The van der Waals surface area contributed by atoms with E-state index in [1.807, 2.05) is 38.1 Å². The number of rotatable bonds is 6. The lowest BCUT2D eigenvalue weighted by Crippen LogP contribution is -2.31. The van der Waals surface area contributed by atoms with E-state index in [1.165, 1.54) is 11.8 Å². The van der Waals surface area contributed by atoms with Crippen LogP contribution in [0.2, 0.25) is 0 Å². The van der Waals surface area contributed by atoms with Crippen LogP contribution < -0.4 is 0 Å². The van der Waals surface area contributed by atoms with Gasteiger partial charge in [0.25, 0.3) is 0 Å². The molecule has 1 heterocycles. The maximum Gasteiger partial charge on any atom is 0.233 e. The molecule has 0 bridgehead atoms. The Hall–Kier alpha value is -1.34. The average molecular weight is 369 g/mol. The summed E-state index contributed by atoms with van der Waals surface area (Å²) in [6.45, 7) is 5.41. The van der Waals surface area contributed by atoms with Crippen molar-refractivity contribution in [3.8, 4) is 11.4 Å². The molecule has 21 heavy (non-hydrogen) atoms. The smallest absolute Gasteiger partial charge is 0.233 e. The van der Waals surface area contributed by atoms with Crippen LogP contribution in [-0.4, -0.2) is 44.8 Å². The van der Waals surface area contributed by atoms with Crippen molar-refractivity contribution in [3.05, 3.63) is 28.7 Å². The van der Waals surface area contributed by atoms with Gasteiger partial charge in [0.2, 0.25) is 11.1 Å². The van der Waals surface area contributed by atoms with Gasteiger partial charge in [-0.1, -0.05) is 39.8 Å². The quantitative estimate of drug-likeness (QED) is 0.795. The first-order chi connectivity index (χ1) is 10.1. The number of benzene rings is 1. The molecule has 0 aliphatic rings. The molecule has 5 nitrogen and oxygen atoms in total. The Labute approximate surface area is 136 Å². The topological polar surface area (TPSA) is 61.9 Å². The number of carbonyl (C=O) groups is 1. The SMILES string of the molecule is CCN(CC)C(=O)CSc1n[nH]c(-c2ccc(Br)cc2)n1. The molecular formula is C14H17BrN4OS. The van der Waals surface area contributed by atoms with Crippen LogP contribution in [0.4, 0.5) is 0 Å². The van der Waals surface area contributed by atoms with E-state index in [0.717, 1.165) is 23.1 Å². The van der Waals surface area contributed by atoms with Gasteiger partial charge in [-0.25, -0.2) is 4.98 Å². The Balaban J connectivity index is 1.97. The lowest BCUT2D eigenvalue weighted by atomic mass is 10.2. The van der Waals surface area contributed by atoms with E-state index in [9.17, 15) is 4.79 Å². The molecule has 0 saturated carbocycles. The Morgan fingerprint density at radius 1 is 1.29 bits per heavy atom. The van der Waals surface area contributed by atoms with Crippen LogP contribution in [0, 0.1) is 0 Å². The molecular weight excluding hydrogens is 352 g/mol. The number of hydrogen-bond donors (Lipinski definition) is 1. The summed E-state index contributed by atoms with van der Waals surface area (Å²) in [6.07, 6.45) is 0. The fourth-order valence-electron chi connectivity index (χ4n) is 1.84. The van der Waals surface area contributed by atoms with Gasteiger partial charge in [0.05, 0.1) is 5.75 Å². The first-order valence-corrected chi connectivity index (χ1v) is 8.50. The summed E-state index contributed by atoms with van der Waals surface area (Å²) in [4.78, 5) is 18.1. The van der Waals surface area contributed by atoms with Crippen molar-refractivity contribution in [3.63, 3.8) is 0 Å². The van der Waals surface area contributed by atoms with Crippen molar-refractivity contribution in [1.82, 2.24) is 20.1 Å².